The molecule has 2 aliphatic heterocycles. The fourth-order valence-corrected chi connectivity index (χ4v) is 11.9. The molecule has 6 aliphatic carbocycles. The zero-order chi connectivity index (χ0) is 36.0. The standard InChI is InChI=1S/C44H50N8O2/c45-39(31-11-25-9-26(25)12-31)43(53)51-35-15-29(35)17-37(51)41-47-19-33(49-41)23-5-1-21(2-6-23)22-3-7-24(8-4-22)34-20-48-42(50-34)38-18-30-16-36(30)52(38)44(54)40(46)32-13-27-10-28(27)14-32/h1-8,19-20,25-32,35-40H,9-18,45-46H2,(H,47,49)(H,48,50)/t25-,26+,27-,28?,29-,30?,31?,32?,35-,36-,37+,38+,39?,40?/m1/s1. The predicted molar refractivity (Wildman–Crippen MR) is 204 cm³/mol. The van der Waals surface area contributed by atoms with E-state index in [1.807, 2.05) is 12.4 Å². The molecule has 0 bridgehead atoms. The molecule has 0 radical (unpaired) electrons. The largest absolute Gasteiger partial charge is 0.340 e. The van der Waals surface area contributed by atoms with Crippen molar-refractivity contribution in [2.75, 3.05) is 0 Å². The number of carbonyl (C=O) groups excluding carboxylic acids is 2. The summed E-state index contributed by atoms with van der Waals surface area (Å²) in [6, 6.07) is 17.0. The molecule has 4 heterocycles. The van der Waals surface area contributed by atoms with Gasteiger partial charge in [-0.2, -0.15) is 0 Å². The van der Waals surface area contributed by atoms with Crippen molar-refractivity contribution in [3.8, 4) is 33.6 Å². The third-order valence-corrected chi connectivity index (χ3v) is 15.4. The molecule has 6 unspecified atom stereocenters. The molecule has 4 aromatic rings. The summed E-state index contributed by atoms with van der Waals surface area (Å²) in [5.74, 6) is 7.14. The Morgan fingerprint density at radius 1 is 0.519 bits per heavy atom. The second-order valence-electron chi connectivity index (χ2n) is 18.7. The summed E-state index contributed by atoms with van der Waals surface area (Å²) in [6.45, 7) is 0. The van der Waals surface area contributed by atoms with E-state index in [2.05, 4.69) is 68.3 Å². The van der Waals surface area contributed by atoms with E-state index < -0.39 is 0 Å². The Morgan fingerprint density at radius 3 is 1.28 bits per heavy atom. The number of hydrogen-bond donors (Lipinski definition) is 4. The summed E-state index contributed by atoms with van der Waals surface area (Å²) >= 11 is 0. The number of nitrogens with zero attached hydrogens (tertiary/aromatic N) is 4. The van der Waals surface area contributed by atoms with E-state index in [9.17, 15) is 9.59 Å². The molecule has 0 spiro atoms. The smallest absolute Gasteiger partial charge is 0.240 e. The first-order chi connectivity index (χ1) is 26.3. The van der Waals surface area contributed by atoms with Crippen LogP contribution in [0.25, 0.3) is 33.6 Å². The summed E-state index contributed by atoms with van der Waals surface area (Å²) < 4.78 is 0. The van der Waals surface area contributed by atoms with Gasteiger partial charge < -0.3 is 31.2 Å². The van der Waals surface area contributed by atoms with Gasteiger partial charge in [-0.15, -0.1) is 0 Å². The second kappa shape index (κ2) is 11.6. The molecule has 54 heavy (non-hydrogen) atoms. The highest BCUT2D eigenvalue weighted by Crippen LogP contribution is 2.58. The molecule has 14 atom stereocenters. The van der Waals surface area contributed by atoms with Gasteiger partial charge in [-0.3, -0.25) is 9.59 Å². The maximum absolute atomic E-state index is 13.7. The topological polar surface area (TPSA) is 150 Å². The number of imidazole rings is 2. The molecule has 2 amide bonds. The maximum Gasteiger partial charge on any atom is 0.240 e. The molecular weight excluding hydrogens is 673 g/mol. The van der Waals surface area contributed by atoms with Gasteiger partial charge in [0.2, 0.25) is 11.8 Å². The molecule has 10 heteroatoms. The molecule has 10 nitrogen and oxygen atoms in total. The van der Waals surface area contributed by atoms with Crippen molar-refractivity contribution in [3.05, 3.63) is 72.6 Å². The zero-order valence-corrected chi connectivity index (χ0v) is 30.7. The van der Waals surface area contributed by atoms with Crippen LogP contribution in [0.2, 0.25) is 0 Å². The highest BCUT2D eigenvalue weighted by atomic mass is 16.2. The van der Waals surface area contributed by atoms with E-state index in [0.717, 1.165) is 120 Å². The van der Waals surface area contributed by atoms with Crippen LogP contribution in [0.4, 0.5) is 0 Å². The van der Waals surface area contributed by atoms with E-state index in [4.69, 9.17) is 21.4 Å². The van der Waals surface area contributed by atoms with Crippen LogP contribution in [-0.4, -0.2) is 65.7 Å². The Bertz CT molecular complexity index is 1970. The molecule has 8 aliphatic rings. The van der Waals surface area contributed by atoms with Crippen LogP contribution in [0, 0.1) is 47.3 Å². The fraction of sp³-hybridized carbons (Fsp3) is 0.545. The summed E-state index contributed by atoms with van der Waals surface area (Å²) in [6.07, 6.45) is 15.1. The maximum atomic E-state index is 13.7. The monoisotopic (exact) mass is 722 g/mol. The number of H-pyrrole nitrogens is 2. The molecule has 6 saturated carbocycles. The molecule has 2 aromatic heterocycles. The summed E-state index contributed by atoms with van der Waals surface area (Å²) in [4.78, 5) is 48.4. The van der Waals surface area contributed by atoms with Crippen LogP contribution in [0.15, 0.2) is 60.9 Å². The summed E-state index contributed by atoms with van der Waals surface area (Å²) in [7, 11) is 0. The lowest BCUT2D eigenvalue weighted by Crippen LogP contribution is -2.48. The molecule has 2 saturated heterocycles. The van der Waals surface area contributed by atoms with E-state index in [-0.39, 0.29) is 36.0 Å². The lowest BCUT2D eigenvalue weighted by atomic mass is 9.93. The number of benzene rings is 2. The van der Waals surface area contributed by atoms with Gasteiger partial charge >= 0.3 is 0 Å². The highest BCUT2D eigenvalue weighted by Gasteiger charge is 2.59. The van der Waals surface area contributed by atoms with Gasteiger partial charge in [0.05, 0.1) is 47.9 Å². The molecule has 8 fully saturated rings. The fourth-order valence-electron chi connectivity index (χ4n) is 11.9. The number of carbonyl (C=O) groups is 2. The number of piperidine rings is 2. The van der Waals surface area contributed by atoms with Gasteiger partial charge in [0.15, 0.2) is 0 Å². The number of nitrogens with one attached hydrogen (secondary N) is 2. The van der Waals surface area contributed by atoms with E-state index >= 15 is 0 Å². The van der Waals surface area contributed by atoms with Crippen molar-refractivity contribution in [2.24, 2.45) is 58.8 Å². The number of likely N-dealkylation sites (tertiary alicyclic amines) is 2. The van der Waals surface area contributed by atoms with Crippen molar-refractivity contribution in [1.29, 1.82) is 0 Å². The third-order valence-electron chi connectivity index (χ3n) is 15.4. The molecular formula is C44H50N8O2. The predicted octanol–water partition coefficient (Wildman–Crippen LogP) is 6.20. The first-order valence-electron chi connectivity index (χ1n) is 20.8. The van der Waals surface area contributed by atoms with Crippen molar-refractivity contribution in [3.63, 3.8) is 0 Å². The minimum absolute atomic E-state index is 0.0174. The first kappa shape index (κ1) is 32.0. The van der Waals surface area contributed by atoms with E-state index in [0.29, 0.717) is 35.8 Å². The zero-order valence-electron chi connectivity index (χ0n) is 30.7. The average molecular weight is 723 g/mol. The second-order valence-corrected chi connectivity index (χ2v) is 18.7. The van der Waals surface area contributed by atoms with Gasteiger partial charge in [0.1, 0.15) is 11.6 Å². The molecule has 278 valence electrons. The van der Waals surface area contributed by atoms with Crippen LogP contribution < -0.4 is 11.5 Å². The number of fused-ring (bicyclic) bond motifs is 4. The van der Waals surface area contributed by atoms with Crippen LogP contribution in [0.5, 0.6) is 0 Å². The van der Waals surface area contributed by atoms with Gasteiger partial charge in [0.25, 0.3) is 0 Å². The summed E-state index contributed by atoms with van der Waals surface area (Å²) in [5, 5.41) is 0. The quantitative estimate of drug-likeness (QED) is 0.162. The highest BCUT2D eigenvalue weighted by molar-refractivity contribution is 5.84. The van der Waals surface area contributed by atoms with Crippen molar-refractivity contribution >= 4 is 11.8 Å². The normalized spacial score (nSPS) is 37.4. The molecule has 2 aromatic carbocycles. The third kappa shape index (κ3) is 5.19. The van der Waals surface area contributed by atoms with Gasteiger partial charge in [-0.1, -0.05) is 48.5 Å². The summed E-state index contributed by atoms with van der Waals surface area (Å²) in [5.41, 5.74) is 19.6. The van der Waals surface area contributed by atoms with Crippen LogP contribution in [0.1, 0.15) is 87.9 Å². The Kier molecular flexibility index (Phi) is 6.89. The van der Waals surface area contributed by atoms with Crippen molar-refractivity contribution < 1.29 is 9.59 Å². The van der Waals surface area contributed by atoms with Crippen LogP contribution in [0.3, 0.4) is 0 Å². The lowest BCUT2D eigenvalue weighted by molar-refractivity contribution is -0.137. The average Bonchev–Trinajstić information content (AvgIpc) is 4.14. The SMILES string of the molecule is NC(C(=O)N1[C@@H]2CC2C[C@H]1c1ncc(-c2ccc(-c3ccc(-c4cnc([C@@H]5C[C@H]6C[C@H]6N5C(=O)C(N)C5C[C@@H]6C[C@@H]6C5)[nH]4)cc3)cc2)[nH]1)C1CC2C[C@@H]2C1. The van der Waals surface area contributed by atoms with Crippen LogP contribution >= 0.6 is 0 Å². The van der Waals surface area contributed by atoms with Gasteiger partial charge in [-0.05, 0) is 134 Å². The van der Waals surface area contributed by atoms with E-state index in [1.54, 1.807) is 0 Å². The van der Waals surface area contributed by atoms with E-state index in [1.165, 1.54) is 12.8 Å². The Morgan fingerprint density at radius 2 is 0.889 bits per heavy atom. The van der Waals surface area contributed by atoms with Crippen molar-refractivity contribution in [1.82, 2.24) is 29.7 Å². The Labute approximate surface area is 315 Å². The number of aromatic amines is 2. The number of amides is 2. The number of nitrogens with two attached hydrogens (primary N) is 2. The number of aromatic nitrogens is 4. The lowest BCUT2D eigenvalue weighted by Gasteiger charge is -2.31. The number of rotatable bonds is 9. The first-order valence-corrected chi connectivity index (χ1v) is 20.8. The minimum atomic E-state index is -0.381. The van der Waals surface area contributed by atoms with Gasteiger partial charge in [0, 0.05) is 12.1 Å². The molecule has 12 rings (SSSR count). The Balaban J connectivity index is 0.711. The molecule has 6 N–H and O–H groups in total. The van der Waals surface area contributed by atoms with Crippen LogP contribution in [-0.2, 0) is 9.59 Å². The van der Waals surface area contributed by atoms with Crippen molar-refractivity contribution in [2.45, 2.75) is 100 Å². The minimum Gasteiger partial charge on any atom is -0.340 e. The van der Waals surface area contributed by atoms with Gasteiger partial charge in [-0.25, -0.2) is 9.97 Å². The number of hydrogen-bond acceptors (Lipinski definition) is 6. The Hall–Kier alpha value is -4.28.